The second kappa shape index (κ2) is 6.17. The molecule has 0 saturated carbocycles. The Morgan fingerprint density at radius 3 is 2.89 bits per heavy atom. The average molecular weight is 254 g/mol. The number of hydrogen-bond acceptors (Lipinski definition) is 3. The highest BCUT2D eigenvalue weighted by Crippen LogP contribution is 2.25. The van der Waals surface area contributed by atoms with Crippen LogP contribution in [0, 0.1) is 11.3 Å². The molecule has 4 nitrogen and oxygen atoms in total. The number of aromatic nitrogens is 2. The Morgan fingerprint density at radius 2 is 2.16 bits per heavy atom. The second-order valence-electron chi connectivity index (χ2n) is 4.65. The van der Waals surface area contributed by atoms with Gasteiger partial charge >= 0.3 is 0 Å². The first-order valence-electron chi connectivity index (χ1n) is 6.47. The Morgan fingerprint density at radius 1 is 1.37 bits per heavy atom. The van der Waals surface area contributed by atoms with E-state index in [2.05, 4.69) is 35.1 Å². The molecule has 0 bridgehead atoms. The molecule has 0 aliphatic carbocycles. The number of rotatable bonds is 5. The highest BCUT2D eigenvalue weighted by atomic mass is 15.1. The maximum absolute atomic E-state index is 9.18. The van der Waals surface area contributed by atoms with E-state index in [1.54, 1.807) is 0 Å². The van der Waals surface area contributed by atoms with Gasteiger partial charge in [0.05, 0.1) is 17.3 Å². The van der Waals surface area contributed by atoms with E-state index in [0.29, 0.717) is 5.56 Å². The van der Waals surface area contributed by atoms with Gasteiger partial charge in [0.1, 0.15) is 0 Å². The van der Waals surface area contributed by atoms with Crippen molar-refractivity contribution in [3.05, 3.63) is 41.6 Å². The van der Waals surface area contributed by atoms with Gasteiger partial charge in [0, 0.05) is 23.9 Å². The third-order valence-corrected chi connectivity index (χ3v) is 3.07. The zero-order valence-electron chi connectivity index (χ0n) is 11.3. The molecule has 0 radical (unpaired) electrons. The quantitative estimate of drug-likeness (QED) is 0.892. The van der Waals surface area contributed by atoms with Crippen molar-refractivity contribution in [2.75, 3.05) is 13.6 Å². The highest BCUT2D eigenvalue weighted by molar-refractivity contribution is 5.69. The fourth-order valence-electron chi connectivity index (χ4n) is 2.21. The number of nitriles is 1. The second-order valence-corrected chi connectivity index (χ2v) is 4.65. The first-order valence-corrected chi connectivity index (χ1v) is 6.47. The molecule has 0 atom stereocenters. The number of hydrogen-bond donors (Lipinski definition) is 1. The topological polar surface area (TPSA) is 55.7 Å². The van der Waals surface area contributed by atoms with E-state index in [9.17, 15) is 5.26 Å². The highest BCUT2D eigenvalue weighted by Gasteiger charge is 2.13. The van der Waals surface area contributed by atoms with Gasteiger partial charge in [-0.3, -0.25) is 5.10 Å². The minimum atomic E-state index is 0.661. The van der Waals surface area contributed by atoms with Crippen LogP contribution in [0.25, 0.3) is 11.3 Å². The average Bonchev–Trinajstić information content (AvgIpc) is 2.86. The summed E-state index contributed by atoms with van der Waals surface area (Å²) in [6.07, 6.45) is 3.04. The molecular weight excluding hydrogens is 236 g/mol. The van der Waals surface area contributed by atoms with Crippen LogP contribution in [0.1, 0.15) is 24.5 Å². The van der Waals surface area contributed by atoms with Crippen LogP contribution in [0.2, 0.25) is 0 Å². The van der Waals surface area contributed by atoms with Gasteiger partial charge in [-0.15, -0.1) is 0 Å². The summed E-state index contributed by atoms with van der Waals surface area (Å²) >= 11 is 0. The van der Waals surface area contributed by atoms with E-state index in [1.165, 1.54) is 0 Å². The minimum absolute atomic E-state index is 0.661. The molecule has 2 aromatic rings. The summed E-state index contributed by atoms with van der Waals surface area (Å²) in [5, 5.41) is 16.4. The smallest absolute Gasteiger partial charge is 0.0998 e. The van der Waals surface area contributed by atoms with Gasteiger partial charge in [0.15, 0.2) is 0 Å². The van der Waals surface area contributed by atoms with E-state index in [0.717, 1.165) is 36.3 Å². The Kier molecular flexibility index (Phi) is 4.32. The van der Waals surface area contributed by atoms with Crippen molar-refractivity contribution in [3.8, 4) is 17.3 Å². The van der Waals surface area contributed by atoms with Crippen molar-refractivity contribution in [1.82, 2.24) is 15.1 Å². The monoisotopic (exact) mass is 254 g/mol. The molecule has 19 heavy (non-hydrogen) atoms. The molecule has 4 heteroatoms. The van der Waals surface area contributed by atoms with E-state index >= 15 is 0 Å². The SMILES string of the molecule is CCCN(C)Cc1c[nH]nc1-c1ccccc1C#N. The summed E-state index contributed by atoms with van der Waals surface area (Å²) in [5.41, 5.74) is 3.55. The number of H-pyrrole nitrogens is 1. The van der Waals surface area contributed by atoms with Crippen molar-refractivity contribution in [1.29, 1.82) is 5.26 Å². The molecule has 0 saturated heterocycles. The van der Waals surface area contributed by atoms with E-state index in [4.69, 9.17) is 0 Å². The summed E-state index contributed by atoms with van der Waals surface area (Å²) in [7, 11) is 2.09. The fourth-order valence-corrected chi connectivity index (χ4v) is 2.21. The first kappa shape index (κ1) is 13.3. The largest absolute Gasteiger partial charge is 0.302 e. The zero-order valence-corrected chi connectivity index (χ0v) is 11.3. The van der Waals surface area contributed by atoms with E-state index in [1.807, 2.05) is 30.5 Å². The summed E-state index contributed by atoms with van der Waals surface area (Å²) in [6, 6.07) is 9.80. The molecular formula is C15H18N4. The normalized spacial score (nSPS) is 10.6. The molecule has 1 heterocycles. The van der Waals surface area contributed by atoms with E-state index in [-0.39, 0.29) is 0 Å². The van der Waals surface area contributed by atoms with Gasteiger partial charge in [-0.25, -0.2) is 0 Å². The Labute approximate surface area is 113 Å². The lowest BCUT2D eigenvalue weighted by molar-refractivity contribution is 0.328. The lowest BCUT2D eigenvalue weighted by Crippen LogP contribution is -2.18. The molecule has 0 aliphatic rings. The number of benzene rings is 1. The Bertz CT molecular complexity index is 580. The molecule has 1 aromatic carbocycles. The number of aromatic amines is 1. The zero-order chi connectivity index (χ0) is 13.7. The molecule has 1 aromatic heterocycles. The predicted molar refractivity (Wildman–Crippen MR) is 75.4 cm³/mol. The van der Waals surface area contributed by atoms with Crippen LogP contribution in [-0.2, 0) is 6.54 Å². The summed E-state index contributed by atoms with van der Waals surface area (Å²) in [5.74, 6) is 0. The van der Waals surface area contributed by atoms with Crippen molar-refractivity contribution in [2.24, 2.45) is 0 Å². The molecule has 0 amide bonds. The maximum Gasteiger partial charge on any atom is 0.0998 e. The lowest BCUT2D eigenvalue weighted by Gasteiger charge is -2.15. The number of nitrogens with one attached hydrogen (secondary N) is 1. The molecule has 98 valence electrons. The van der Waals surface area contributed by atoms with Gasteiger partial charge in [0.2, 0.25) is 0 Å². The van der Waals surface area contributed by atoms with Crippen LogP contribution >= 0.6 is 0 Å². The van der Waals surface area contributed by atoms with Crippen LogP contribution < -0.4 is 0 Å². The van der Waals surface area contributed by atoms with Crippen LogP contribution in [0.15, 0.2) is 30.5 Å². The van der Waals surface area contributed by atoms with Crippen molar-refractivity contribution < 1.29 is 0 Å². The van der Waals surface area contributed by atoms with Gasteiger partial charge in [0.25, 0.3) is 0 Å². The van der Waals surface area contributed by atoms with Crippen LogP contribution in [0.5, 0.6) is 0 Å². The predicted octanol–water partition coefficient (Wildman–Crippen LogP) is 2.79. The van der Waals surface area contributed by atoms with Gasteiger partial charge in [-0.05, 0) is 26.1 Å². The fraction of sp³-hybridized carbons (Fsp3) is 0.333. The molecule has 1 N–H and O–H groups in total. The van der Waals surface area contributed by atoms with E-state index < -0.39 is 0 Å². The Hall–Kier alpha value is -2.12. The van der Waals surface area contributed by atoms with Gasteiger partial charge < -0.3 is 4.90 Å². The summed E-state index contributed by atoms with van der Waals surface area (Å²) in [4.78, 5) is 2.25. The molecule has 0 fully saturated rings. The molecule has 0 aliphatic heterocycles. The standard InChI is InChI=1S/C15H18N4/c1-3-8-19(2)11-13-10-17-18-15(13)14-7-5-4-6-12(14)9-16/h4-7,10H,3,8,11H2,1-2H3,(H,17,18). The Balaban J connectivity index is 2.32. The maximum atomic E-state index is 9.18. The van der Waals surface area contributed by atoms with Crippen LogP contribution in [0.4, 0.5) is 0 Å². The third kappa shape index (κ3) is 3.01. The molecule has 0 spiro atoms. The number of nitrogens with zero attached hydrogens (tertiary/aromatic N) is 3. The summed E-state index contributed by atoms with van der Waals surface area (Å²) in [6.45, 7) is 4.04. The summed E-state index contributed by atoms with van der Waals surface area (Å²) < 4.78 is 0. The first-order chi connectivity index (χ1) is 9.26. The van der Waals surface area contributed by atoms with Crippen LogP contribution in [-0.4, -0.2) is 28.7 Å². The molecule has 2 rings (SSSR count). The van der Waals surface area contributed by atoms with Crippen LogP contribution in [0.3, 0.4) is 0 Å². The minimum Gasteiger partial charge on any atom is -0.302 e. The van der Waals surface area contributed by atoms with Crippen molar-refractivity contribution in [3.63, 3.8) is 0 Å². The van der Waals surface area contributed by atoms with Gasteiger partial charge in [-0.2, -0.15) is 10.4 Å². The lowest BCUT2D eigenvalue weighted by atomic mass is 10.0. The molecule has 0 unspecified atom stereocenters. The van der Waals surface area contributed by atoms with Crippen molar-refractivity contribution >= 4 is 0 Å². The third-order valence-electron chi connectivity index (χ3n) is 3.07. The van der Waals surface area contributed by atoms with Crippen molar-refractivity contribution in [2.45, 2.75) is 19.9 Å². The van der Waals surface area contributed by atoms with Gasteiger partial charge in [-0.1, -0.05) is 25.1 Å².